The van der Waals surface area contributed by atoms with E-state index in [4.69, 9.17) is 18.0 Å². The molecule has 1 saturated carbocycles. The van der Waals surface area contributed by atoms with Gasteiger partial charge in [-0.05, 0) is 37.5 Å². The zero-order valence-electron chi connectivity index (χ0n) is 10.7. The maximum absolute atomic E-state index is 5.84. The Morgan fingerprint density at radius 2 is 2.22 bits per heavy atom. The number of anilines is 1. The van der Waals surface area contributed by atoms with E-state index in [9.17, 15) is 0 Å². The molecule has 0 aliphatic heterocycles. The quantitative estimate of drug-likeness (QED) is 0.805. The van der Waals surface area contributed by atoms with Gasteiger partial charge in [-0.3, -0.25) is 0 Å². The molecule has 0 heterocycles. The first-order chi connectivity index (χ1) is 8.63. The maximum Gasteiger partial charge on any atom is 0.106 e. The molecule has 0 saturated heterocycles. The molecule has 1 aliphatic carbocycles. The molecule has 0 atom stereocenters. The van der Waals surface area contributed by atoms with E-state index in [0.29, 0.717) is 11.0 Å². The molecule has 2 N–H and O–H groups in total. The summed E-state index contributed by atoms with van der Waals surface area (Å²) in [7, 11) is 0. The van der Waals surface area contributed by atoms with Crippen LogP contribution < -0.4 is 10.6 Å². The van der Waals surface area contributed by atoms with Crippen molar-refractivity contribution < 1.29 is 0 Å². The summed E-state index contributed by atoms with van der Waals surface area (Å²) in [5.74, 6) is 0. The Kier molecular flexibility index (Phi) is 4.62. The van der Waals surface area contributed by atoms with Crippen LogP contribution in [0.3, 0.4) is 0 Å². The van der Waals surface area contributed by atoms with E-state index in [-0.39, 0.29) is 0 Å². The molecule has 0 radical (unpaired) electrons. The monoisotopic (exact) mass is 326 g/mol. The lowest BCUT2D eigenvalue weighted by molar-refractivity contribution is 0.712. The average Bonchev–Trinajstić information content (AvgIpc) is 3.13. The van der Waals surface area contributed by atoms with Crippen LogP contribution in [0.15, 0.2) is 22.7 Å². The Morgan fingerprint density at radius 1 is 1.50 bits per heavy atom. The van der Waals surface area contributed by atoms with Crippen molar-refractivity contribution in [2.45, 2.75) is 38.6 Å². The second kappa shape index (κ2) is 6.02. The standard InChI is InChI=1S/C14H19BrN2S/c1-2-3-8-17(11-5-6-11)13-9-10(15)4-7-12(13)14(16)18/h4,7,9,11H,2-3,5-6,8H2,1H3,(H2,16,18). The van der Waals surface area contributed by atoms with Crippen molar-refractivity contribution in [3.8, 4) is 0 Å². The minimum atomic E-state index is 0.486. The number of nitrogens with zero attached hydrogens (tertiary/aromatic N) is 1. The van der Waals surface area contributed by atoms with Crippen molar-refractivity contribution in [3.05, 3.63) is 28.2 Å². The van der Waals surface area contributed by atoms with E-state index in [0.717, 1.165) is 16.6 Å². The number of unbranched alkanes of at least 4 members (excludes halogenated alkanes) is 1. The van der Waals surface area contributed by atoms with E-state index < -0.39 is 0 Å². The van der Waals surface area contributed by atoms with Gasteiger partial charge < -0.3 is 10.6 Å². The summed E-state index contributed by atoms with van der Waals surface area (Å²) in [5, 5.41) is 0. The van der Waals surface area contributed by atoms with Crippen LogP contribution in [0.2, 0.25) is 0 Å². The second-order valence-corrected chi connectivity index (χ2v) is 6.16. The molecule has 0 unspecified atom stereocenters. The van der Waals surface area contributed by atoms with Crippen LogP contribution in [-0.4, -0.2) is 17.6 Å². The summed E-state index contributed by atoms with van der Waals surface area (Å²) in [6.07, 6.45) is 4.99. The molecule has 2 nitrogen and oxygen atoms in total. The Bertz CT molecular complexity index is 443. The molecule has 0 bridgehead atoms. The van der Waals surface area contributed by atoms with Gasteiger partial charge in [-0.25, -0.2) is 0 Å². The Hall–Kier alpha value is -0.610. The van der Waals surface area contributed by atoms with Gasteiger partial charge in [-0.2, -0.15) is 0 Å². The Balaban J connectivity index is 2.32. The fourth-order valence-electron chi connectivity index (χ4n) is 2.17. The summed E-state index contributed by atoms with van der Waals surface area (Å²) < 4.78 is 1.08. The predicted octanol–water partition coefficient (Wildman–Crippen LogP) is 3.85. The predicted molar refractivity (Wildman–Crippen MR) is 85.3 cm³/mol. The summed E-state index contributed by atoms with van der Waals surface area (Å²) in [4.78, 5) is 2.96. The highest BCUT2D eigenvalue weighted by atomic mass is 79.9. The van der Waals surface area contributed by atoms with Crippen molar-refractivity contribution in [1.29, 1.82) is 0 Å². The van der Waals surface area contributed by atoms with E-state index in [1.54, 1.807) is 0 Å². The zero-order chi connectivity index (χ0) is 13.1. The molecule has 0 aromatic heterocycles. The molecular weight excluding hydrogens is 308 g/mol. The highest BCUT2D eigenvalue weighted by molar-refractivity contribution is 9.10. The zero-order valence-corrected chi connectivity index (χ0v) is 13.1. The number of hydrogen-bond acceptors (Lipinski definition) is 2. The Labute approximate surface area is 123 Å². The second-order valence-electron chi connectivity index (χ2n) is 4.80. The van der Waals surface area contributed by atoms with Crippen molar-refractivity contribution in [3.63, 3.8) is 0 Å². The molecule has 1 aromatic rings. The van der Waals surface area contributed by atoms with Crippen molar-refractivity contribution in [2.24, 2.45) is 5.73 Å². The van der Waals surface area contributed by atoms with Crippen LogP contribution >= 0.6 is 28.1 Å². The Morgan fingerprint density at radius 3 is 2.78 bits per heavy atom. The summed E-state index contributed by atoms with van der Waals surface area (Å²) in [6, 6.07) is 6.84. The van der Waals surface area contributed by atoms with E-state index in [1.165, 1.54) is 31.4 Å². The first-order valence-electron chi connectivity index (χ1n) is 6.49. The minimum absolute atomic E-state index is 0.486. The topological polar surface area (TPSA) is 29.3 Å². The number of halogens is 1. The summed E-state index contributed by atoms with van der Waals surface area (Å²) >= 11 is 8.71. The molecule has 98 valence electrons. The lowest BCUT2D eigenvalue weighted by atomic mass is 10.1. The number of nitrogens with two attached hydrogens (primary N) is 1. The van der Waals surface area contributed by atoms with Crippen LogP contribution in [0.25, 0.3) is 0 Å². The molecular formula is C14H19BrN2S. The van der Waals surface area contributed by atoms with Gasteiger partial charge in [0.15, 0.2) is 0 Å². The smallest absolute Gasteiger partial charge is 0.106 e. The minimum Gasteiger partial charge on any atom is -0.389 e. The first-order valence-corrected chi connectivity index (χ1v) is 7.69. The normalized spacial score (nSPS) is 14.6. The third kappa shape index (κ3) is 3.23. The maximum atomic E-state index is 5.84. The van der Waals surface area contributed by atoms with Crippen molar-refractivity contribution in [1.82, 2.24) is 0 Å². The average molecular weight is 327 g/mol. The van der Waals surface area contributed by atoms with Crippen molar-refractivity contribution >= 4 is 38.8 Å². The van der Waals surface area contributed by atoms with Gasteiger partial charge in [-0.1, -0.05) is 41.5 Å². The van der Waals surface area contributed by atoms with Crippen LogP contribution in [0.5, 0.6) is 0 Å². The molecule has 4 heteroatoms. The van der Waals surface area contributed by atoms with Gasteiger partial charge in [0.05, 0.1) is 0 Å². The van der Waals surface area contributed by atoms with E-state index >= 15 is 0 Å². The van der Waals surface area contributed by atoms with E-state index in [1.807, 2.05) is 12.1 Å². The van der Waals surface area contributed by atoms with Gasteiger partial charge in [0.2, 0.25) is 0 Å². The highest BCUT2D eigenvalue weighted by Gasteiger charge is 2.30. The van der Waals surface area contributed by atoms with Crippen molar-refractivity contribution in [2.75, 3.05) is 11.4 Å². The van der Waals surface area contributed by atoms with Gasteiger partial charge >= 0.3 is 0 Å². The number of hydrogen-bond donors (Lipinski definition) is 1. The van der Waals surface area contributed by atoms with Gasteiger partial charge in [0, 0.05) is 28.3 Å². The molecule has 1 fully saturated rings. The SMILES string of the molecule is CCCCN(c1cc(Br)ccc1C(N)=S)C1CC1. The summed E-state index contributed by atoms with van der Waals surface area (Å²) in [5.41, 5.74) is 8.03. The lowest BCUT2D eigenvalue weighted by Gasteiger charge is -2.27. The first kappa shape index (κ1) is 13.8. The van der Waals surface area contributed by atoms with Gasteiger partial charge in [0.25, 0.3) is 0 Å². The van der Waals surface area contributed by atoms with Gasteiger partial charge in [-0.15, -0.1) is 0 Å². The fraction of sp³-hybridized carbons (Fsp3) is 0.500. The molecule has 2 rings (SSSR count). The van der Waals surface area contributed by atoms with Crippen LogP contribution in [0.1, 0.15) is 38.2 Å². The lowest BCUT2D eigenvalue weighted by Crippen LogP contribution is -2.29. The third-order valence-corrected chi connectivity index (χ3v) is 3.99. The molecule has 0 spiro atoms. The number of thiocarbonyl (C=S) groups is 1. The van der Waals surface area contributed by atoms with E-state index in [2.05, 4.69) is 33.8 Å². The van der Waals surface area contributed by atoms with Crippen LogP contribution in [0, 0.1) is 0 Å². The highest BCUT2D eigenvalue weighted by Crippen LogP contribution is 2.35. The third-order valence-electron chi connectivity index (χ3n) is 3.27. The summed E-state index contributed by atoms with van der Waals surface area (Å²) in [6.45, 7) is 3.31. The van der Waals surface area contributed by atoms with Gasteiger partial charge in [0.1, 0.15) is 4.99 Å². The number of rotatable bonds is 6. The molecule has 18 heavy (non-hydrogen) atoms. The molecule has 1 aliphatic rings. The fourth-order valence-corrected chi connectivity index (χ4v) is 2.69. The number of benzene rings is 1. The molecule has 0 amide bonds. The van der Waals surface area contributed by atoms with Crippen LogP contribution in [-0.2, 0) is 0 Å². The molecule has 1 aromatic carbocycles. The van der Waals surface area contributed by atoms with Crippen LogP contribution in [0.4, 0.5) is 5.69 Å². The largest absolute Gasteiger partial charge is 0.389 e.